The Bertz CT molecular complexity index is 1110. The summed E-state index contributed by atoms with van der Waals surface area (Å²) in [5, 5.41) is 3.54. The first-order valence-corrected chi connectivity index (χ1v) is 9.65. The number of hydrogen-bond donors (Lipinski definition) is 2. The third-order valence-electron chi connectivity index (χ3n) is 5.13. The minimum absolute atomic E-state index is 0.0205. The van der Waals surface area contributed by atoms with E-state index in [0.29, 0.717) is 34.9 Å². The highest BCUT2D eigenvalue weighted by Crippen LogP contribution is 2.35. The second-order valence-electron chi connectivity index (χ2n) is 7.27. The topological polar surface area (TPSA) is 77.2 Å². The molecule has 0 spiro atoms. The molecule has 0 radical (unpaired) electrons. The molecule has 1 fully saturated rings. The quantitative estimate of drug-likeness (QED) is 0.610. The van der Waals surface area contributed by atoms with E-state index in [0.717, 1.165) is 17.8 Å². The lowest BCUT2D eigenvalue weighted by molar-refractivity contribution is -0.141. The van der Waals surface area contributed by atoms with Crippen LogP contribution in [0.5, 0.6) is 0 Å². The minimum atomic E-state index is -4.56. The van der Waals surface area contributed by atoms with Gasteiger partial charge in [0, 0.05) is 28.0 Å². The van der Waals surface area contributed by atoms with Crippen molar-refractivity contribution in [2.24, 2.45) is 0 Å². The van der Waals surface area contributed by atoms with Crippen LogP contribution in [-0.4, -0.2) is 24.1 Å². The molecule has 9 heteroatoms. The van der Waals surface area contributed by atoms with Gasteiger partial charge in [0.25, 0.3) is 5.91 Å². The van der Waals surface area contributed by atoms with Crippen LogP contribution in [0.25, 0.3) is 11.1 Å². The number of alkyl halides is 3. The van der Waals surface area contributed by atoms with Gasteiger partial charge < -0.3 is 15.8 Å². The molecular weight excluding hydrogens is 431 g/mol. The fourth-order valence-electron chi connectivity index (χ4n) is 3.34. The van der Waals surface area contributed by atoms with Gasteiger partial charge in [-0.2, -0.15) is 13.2 Å². The van der Waals surface area contributed by atoms with E-state index in [2.05, 4.69) is 10.3 Å². The van der Waals surface area contributed by atoms with Crippen molar-refractivity contribution in [3.05, 3.63) is 82.6 Å². The Morgan fingerprint density at radius 3 is 2.26 bits per heavy atom. The van der Waals surface area contributed by atoms with Crippen molar-refractivity contribution in [1.29, 1.82) is 0 Å². The second kappa shape index (κ2) is 7.86. The number of aromatic nitrogens is 1. The molecule has 2 heterocycles. The maximum Gasteiger partial charge on any atom is 0.433 e. The highest BCUT2D eigenvalue weighted by Gasteiger charge is 2.42. The van der Waals surface area contributed by atoms with Gasteiger partial charge in [-0.05, 0) is 41.5 Å². The van der Waals surface area contributed by atoms with Crippen LogP contribution in [0, 0.1) is 0 Å². The molecule has 5 nitrogen and oxygen atoms in total. The lowest BCUT2D eigenvalue weighted by Gasteiger charge is -2.42. The average Bonchev–Trinajstić information content (AvgIpc) is 2.70. The lowest BCUT2D eigenvalue weighted by Crippen LogP contribution is -2.59. The van der Waals surface area contributed by atoms with Crippen LogP contribution in [0.3, 0.4) is 0 Å². The standard InChI is InChI=1S/C22H17ClF3N3O2/c23-16-7-3-14(4-8-16)20(30)29-21(11-31-12-21)15-5-1-13(2-6-15)17-10-28-19(9-18(17)27)22(24,25)26/h1-10H,11-12H2,(H2,27,28)(H,29,30). The van der Waals surface area contributed by atoms with E-state index in [1.165, 1.54) is 0 Å². The molecule has 0 saturated carbocycles. The largest absolute Gasteiger partial charge is 0.433 e. The van der Waals surface area contributed by atoms with Gasteiger partial charge >= 0.3 is 6.18 Å². The molecule has 1 saturated heterocycles. The molecule has 4 rings (SSSR count). The van der Waals surface area contributed by atoms with Gasteiger partial charge in [-0.25, -0.2) is 0 Å². The molecule has 1 aliphatic rings. The summed E-state index contributed by atoms with van der Waals surface area (Å²) < 4.78 is 43.8. The number of amides is 1. The minimum Gasteiger partial charge on any atom is -0.398 e. The van der Waals surface area contributed by atoms with Crippen molar-refractivity contribution in [3.63, 3.8) is 0 Å². The van der Waals surface area contributed by atoms with Gasteiger partial charge in [0.1, 0.15) is 11.2 Å². The van der Waals surface area contributed by atoms with Crippen LogP contribution in [0.4, 0.5) is 18.9 Å². The fourth-order valence-corrected chi connectivity index (χ4v) is 3.47. The molecule has 2 aromatic carbocycles. The summed E-state index contributed by atoms with van der Waals surface area (Å²) in [5.41, 5.74) is 6.35. The summed E-state index contributed by atoms with van der Waals surface area (Å²) in [5.74, 6) is -0.264. The maximum absolute atomic E-state index is 12.8. The molecule has 1 aromatic heterocycles. The second-order valence-corrected chi connectivity index (χ2v) is 7.70. The Labute approximate surface area is 181 Å². The molecule has 31 heavy (non-hydrogen) atoms. The van der Waals surface area contributed by atoms with E-state index in [9.17, 15) is 18.0 Å². The number of hydrogen-bond acceptors (Lipinski definition) is 4. The maximum atomic E-state index is 12.8. The van der Waals surface area contributed by atoms with Crippen molar-refractivity contribution in [2.45, 2.75) is 11.7 Å². The van der Waals surface area contributed by atoms with Crippen LogP contribution in [0.15, 0.2) is 60.8 Å². The molecule has 0 unspecified atom stereocenters. The van der Waals surface area contributed by atoms with E-state index >= 15 is 0 Å². The number of pyridine rings is 1. The third kappa shape index (κ3) is 4.22. The molecule has 0 atom stereocenters. The number of carbonyl (C=O) groups is 1. The highest BCUT2D eigenvalue weighted by molar-refractivity contribution is 6.30. The number of nitrogens with zero attached hydrogens (tertiary/aromatic N) is 1. The molecule has 3 aromatic rings. The summed E-state index contributed by atoms with van der Waals surface area (Å²) in [6, 6.07) is 14.4. The Balaban J connectivity index is 1.57. The van der Waals surface area contributed by atoms with Crippen molar-refractivity contribution >= 4 is 23.2 Å². The van der Waals surface area contributed by atoms with E-state index in [1.54, 1.807) is 48.5 Å². The Kier molecular flexibility index (Phi) is 5.36. The molecule has 3 N–H and O–H groups in total. The number of nitrogens with one attached hydrogen (secondary N) is 1. The zero-order chi connectivity index (χ0) is 22.2. The number of anilines is 1. The van der Waals surface area contributed by atoms with Crippen molar-refractivity contribution in [3.8, 4) is 11.1 Å². The van der Waals surface area contributed by atoms with Crippen LogP contribution in [0.1, 0.15) is 21.6 Å². The number of halogens is 4. The van der Waals surface area contributed by atoms with E-state index < -0.39 is 17.4 Å². The van der Waals surface area contributed by atoms with Crippen LogP contribution in [-0.2, 0) is 16.5 Å². The van der Waals surface area contributed by atoms with Gasteiger partial charge in [0.15, 0.2) is 0 Å². The monoisotopic (exact) mass is 447 g/mol. The predicted molar refractivity (Wildman–Crippen MR) is 111 cm³/mol. The van der Waals surface area contributed by atoms with Gasteiger partial charge in [0.2, 0.25) is 0 Å². The summed E-state index contributed by atoms with van der Waals surface area (Å²) in [6.45, 7) is 0.602. The van der Waals surface area contributed by atoms with Crippen LogP contribution in [0.2, 0.25) is 5.02 Å². The van der Waals surface area contributed by atoms with E-state index in [4.69, 9.17) is 22.1 Å². The number of nitrogens with two attached hydrogens (primary N) is 1. The molecule has 0 aliphatic carbocycles. The normalized spacial score (nSPS) is 15.2. The third-order valence-corrected chi connectivity index (χ3v) is 5.38. The SMILES string of the molecule is Nc1cc(C(F)(F)F)ncc1-c1ccc(C2(NC(=O)c3ccc(Cl)cc3)COC2)cc1. The molecular formula is C22H17ClF3N3O2. The first-order valence-electron chi connectivity index (χ1n) is 9.27. The molecule has 1 amide bonds. The van der Waals surface area contributed by atoms with Crippen molar-refractivity contribution in [1.82, 2.24) is 10.3 Å². The van der Waals surface area contributed by atoms with Gasteiger partial charge in [-0.15, -0.1) is 0 Å². The lowest BCUT2D eigenvalue weighted by atomic mass is 9.86. The van der Waals surface area contributed by atoms with E-state index in [1.807, 2.05) is 0 Å². The fraction of sp³-hybridized carbons (Fsp3) is 0.182. The number of benzene rings is 2. The molecule has 0 bridgehead atoms. The zero-order valence-electron chi connectivity index (χ0n) is 16.0. The van der Waals surface area contributed by atoms with Gasteiger partial charge in [-0.3, -0.25) is 9.78 Å². The first kappa shape index (κ1) is 21.1. The number of ether oxygens (including phenoxy) is 1. The van der Waals surface area contributed by atoms with Crippen LogP contribution >= 0.6 is 11.6 Å². The summed E-state index contributed by atoms with van der Waals surface area (Å²) in [6.07, 6.45) is -3.45. The van der Waals surface area contributed by atoms with Gasteiger partial charge in [-0.1, -0.05) is 35.9 Å². The van der Waals surface area contributed by atoms with Crippen molar-refractivity contribution < 1.29 is 22.7 Å². The first-order chi connectivity index (χ1) is 14.7. The predicted octanol–water partition coefficient (Wildman–Crippen LogP) is 4.66. The highest BCUT2D eigenvalue weighted by atomic mass is 35.5. The van der Waals surface area contributed by atoms with E-state index in [-0.39, 0.29) is 11.6 Å². The summed E-state index contributed by atoms with van der Waals surface area (Å²) in [4.78, 5) is 16.1. The Morgan fingerprint density at radius 1 is 1.10 bits per heavy atom. The number of rotatable bonds is 4. The molecule has 160 valence electrons. The number of nitrogen functional groups attached to an aromatic ring is 1. The van der Waals surface area contributed by atoms with Crippen LogP contribution < -0.4 is 11.1 Å². The average molecular weight is 448 g/mol. The number of carbonyl (C=O) groups excluding carboxylic acids is 1. The van der Waals surface area contributed by atoms with Crippen molar-refractivity contribution in [2.75, 3.05) is 18.9 Å². The zero-order valence-corrected chi connectivity index (χ0v) is 16.8. The summed E-state index contributed by atoms with van der Waals surface area (Å²) >= 11 is 5.87. The van der Waals surface area contributed by atoms with Gasteiger partial charge in [0.05, 0.1) is 13.2 Å². The summed E-state index contributed by atoms with van der Waals surface area (Å²) in [7, 11) is 0. The molecule has 1 aliphatic heterocycles. The smallest absolute Gasteiger partial charge is 0.398 e. The Hall–Kier alpha value is -3.10. The Morgan fingerprint density at radius 2 is 1.74 bits per heavy atom.